The van der Waals surface area contributed by atoms with Gasteiger partial charge in [-0.2, -0.15) is 0 Å². The summed E-state index contributed by atoms with van der Waals surface area (Å²) in [5, 5.41) is 11.6. The molecule has 1 heterocycles. The van der Waals surface area contributed by atoms with Crippen LogP contribution in [-0.2, 0) is 9.59 Å². The number of nitrogens with one attached hydrogen (secondary N) is 1. The molecule has 0 aromatic carbocycles. The number of carbonyl (C=O) groups excluding carboxylic acids is 2. The predicted octanol–water partition coefficient (Wildman–Crippen LogP) is -0.257. The lowest BCUT2D eigenvalue weighted by molar-refractivity contribution is -0.132. The van der Waals surface area contributed by atoms with E-state index >= 15 is 0 Å². The Morgan fingerprint density at radius 1 is 1.38 bits per heavy atom. The minimum atomic E-state index is -0.105. The van der Waals surface area contributed by atoms with Crippen molar-refractivity contribution in [1.82, 2.24) is 10.2 Å². The predicted molar refractivity (Wildman–Crippen MR) is 59.7 cm³/mol. The number of aliphatic hydroxyl groups is 1. The monoisotopic (exact) mass is 228 g/mol. The van der Waals surface area contributed by atoms with Crippen LogP contribution in [0.3, 0.4) is 0 Å². The highest BCUT2D eigenvalue weighted by Gasteiger charge is 2.21. The second-order valence-corrected chi connectivity index (χ2v) is 4.24. The maximum absolute atomic E-state index is 11.7. The first kappa shape index (κ1) is 13.0. The van der Waals surface area contributed by atoms with Crippen LogP contribution in [0.1, 0.15) is 26.2 Å². The highest BCUT2D eigenvalue weighted by atomic mass is 16.3. The minimum Gasteiger partial charge on any atom is -0.396 e. The number of piperidine rings is 1. The van der Waals surface area contributed by atoms with E-state index in [0.717, 1.165) is 25.9 Å². The number of likely N-dealkylation sites (tertiary alicyclic amines) is 1. The van der Waals surface area contributed by atoms with E-state index in [2.05, 4.69) is 5.32 Å². The second-order valence-electron chi connectivity index (χ2n) is 4.24. The van der Waals surface area contributed by atoms with Crippen molar-refractivity contribution in [3.63, 3.8) is 0 Å². The van der Waals surface area contributed by atoms with Crippen molar-refractivity contribution < 1.29 is 14.7 Å². The summed E-state index contributed by atoms with van der Waals surface area (Å²) in [6.45, 7) is 3.52. The molecule has 0 bridgehead atoms. The van der Waals surface area contributed by atoms with E-state index in [0.29, 0.717) is 18.9 Å². The van der Waals surface area contributed by atoms with Gasteiger partial charge in [0.1, 0.15) is 0 Å². The lowest BCUT2D eigenvalue weighted by Crippen LogP contribution is -2.40. The molecule has 0 unspecified atom stereocenters. The number of amides is 2. The molecular weight excluding hydrogens is 208 g/mol. The number of hydrogen-bond acceptors (Lipinski definition) is 3. The molecule has 1 aliphatic rings. The molecule has 0 radical (unpaired) electrons. The van der Waals surface area contributed by atoms with E-state index < -0.39 is 0 Å². The van der Waals surface area contributed by atoms with Crippen LogP contribution in [0.25, 0.3) is 0 Å². The molecule has 2 amide bonds. The van der Waals surface area contributed by atoms with E-state index in [9.17, 15) is 9.59 Å². The number of aliphatic hydroxyl groups excluding tert-OH is 1. The standard InChI is InChI=1S/C11H20N2O3/c1-9(15)12-5-2-11(16)13-6-3-10(8-14)4-7-13/h10,14H,2-8H2,1H3,(H,12,15). The zero-order valence-corrected chi connectivity index (χ0v) is 9.74. The van der Waals surface area contributed by atoms with Gasteiger partial charge in [-0.15, -0.1) is 0 Å². The van der Waals surface area contributed by atoms with Gasteiger partial charge in [0.15, 0.2) is 0 Å². The van der Waals surface area contributed by atoms with Gasteiger partial charge in [0, 0.05) is 39.6 Å². The molecule has 1 fully saturated rings. The van der Waals surface area contributed by atoms with Crippen molar-refractivity contribution in [2.24, 2.45) is 5.92 Å². The minimum absolute atomic E-state index is 0.0881. The normalized spacial score (nSPS) is 17.2. The lowest BCUT2D eigenvalue weighted by atomic mass is 9.98. The van der Waals surface area contributed by atoms with Crippen LogP contribution >= 0.6 is 0 Å². The van der Waals surface area contributed by atoms with Gasteiger partial charge in [-0.1, -0.05) is 0 Å². The zero-order valence-electron chi connectivity index (χ0n) is 9.74. The van der Waals surface area contributed by atoms with Gasteiger partial charge in [0.25, 0.3) is 0 Å². The third-order valence-corrected chi connectivity index (χ3v) is 2.94. The Morgan fingerprint density at radius 2 is 2.00 bits per heavy atom. The van der Waals surface area contributed by atoms with Gasteiger partial charge < -0.3 is 15.3 Å². The Balaban J connectivity index is 2.20. The van der Waals surface area contributed by atoms with Crippen LogP contribution in [0.5, 0.6) is 0 Å². The summed E-state index contributed by atoms with van der Waals surface area (Å²) >= 11 is 0. The summed E-state index contributed by atoms with van der Waals surface area (Å²) < 4.78 is 0. The molecule has 0 atom stereocenters. The molecule has 92 valence electrons. The lowest BCUT2D eigenvalue weighted by Gasteiger charge is -2.31. The fraction of sp³-hybridized carbons (Fsp3) is 0.818. The molecule has 0 saturated carbocycles. The van der Waals surface area contributed by atoms with E-state index in [1.54, 1.807) is 0 Å². The highest BCUT2D eigenvalue weighted by Crippen LogP contribution is 2.16. The average Bonchev–Trinajstić information content (AvgIpc) is 2.28. The van der Waals surface area contributed by atoms with Crippen LogP contribution < -0.4 is 5.32 Å². The first-order chi connectivity index (χ1) is 7.63. The van der Waals surface area contributed by atoms with Crippen molar-refractivity contribution in [3.8, 4) is 0 Å². The van der Waals surface area contributed by atoms with Crippen LogP contribution in [-0.4, -0.2) is 48.1 Å². The quantitative estimate of drug-likeness (QED) is 0.696. The highest BCUT2D eigenvalue weighted by molar-refractivity contribution is 5.78. The first-order valence-electron chi connectivity index (χ1n) is 5.76. The molecule has 5 nitrogen and oxygen atoms in total. The Bertz CT molecular complexity index is 248. The van der Waals surface area contributed by atoms with Gasteiger partial charge in [-0.25, -0.2) is 0 Å². The van der Waals surface area contributed by atoms with Crippen molar-refractivity contribution >= 4 is 11.8 Å². The molecule has 16 heavy (non-hydrogen) atoms. The molecular formula is C11H20N2O3. The van der Waals surface area contributed by atoms with Crippen LogP contribution in [0, 0.1) is 5.92 Å². The third-order valence-electron chi connectivity index (χ3n) is 2.94. The topological polar surface area (TPSA) is 69.6 Å². The number of rotatable bonds is 4. The fourth-order valence-corrected chi connectivity index (χ4v) is 1.87. The van der Waals surface area contributed by atoms with E-state index in [1.165, 1.54) is 6.92 Å². The molecule has 1 saturated heterocycles. The molecule has 0 aliphatic carbocycles. The van der Waals surface area contributed by atoms with Crippen molar-refractivity contribution in [2.45, 2.75) is 26.2 Å². The van der Waals surface area contributed by atoms with Crippen LogP contribution in [0.4, 0.5) is 0 Å². The average molecular weight is 228 g/mol. The summed E-state index contributed by atoms with van der Waals surface area (Å²) in [5.41, 5.74) is 0. The number of carbonyl (C=O) groups is 2. The SMILES string of the molecule is CC(=O)NCCC(=O)N1CCC(CO)CC1. The maximum Gasteiger partial charge on any atom is 0.224 e. The summed E-state index contributed by atoms with van der Waals surface area (Å²) in [5.74, 6) is 0.330. The summed E-state index contributed by atoms with van der Waals surface area (Å²) in [6, 6.07) is 0. The zero-order chi connectivity index (χ0) is 12.0. The van der Waals surface area contributed by atoms with Gasteiger partial charge >= 0.3 is 0 Å². The van der Waals surface area contributed by atoms with Gasteiger partial charge in [-0.05, 0) is 18.8 Å². The number of nitrogens with zero attached hydrogens (tertiary/aromatic N) is 1. The van der Waals surface area contributed by atoms with Crippen LogP contribution in [0.2, 0.25) is 0 Å². The second kappa shape index (κ2) is 6.48. The van der Waals surface area contributed by atoms with Crippen molar-refractivity contribution in [1.29, 1.82) is 0 Å². The van der Waals surface area contributed by atoms with Crippen LogP contribution in [0.15, 0.2) is 0 Å². The molecule has 1 aliphatic heterocycles. The molecule has 0 aromatic rings. The fourth-order valence-electron chi connectivity index (χ4n) is 1.87. The smallest absolute Gasteiger partial charge is 0.224 e. The Hall–Kier alpha value is -1.10. The van der Waals surface area contributed by atoms with E-state index in [1.807, 2.05) is 4.90 Å². The van der Waals surface area contributed by atoms with E-state index in [4.69, 9.17) is 5.11 Å². The molecule has 0 aromatic heterocycles. The molecule has 1 rings (SSSR count). The molecule has 2 N–H and O–H groups in total. The van der Waals surface area contributed by atoms with Gasteiger partial charge in [0.05, 0.1) is 0 Å². The summed E-state index contributed by atoms with van der Waals surface area (Å²) in [6.07, 6.45) is 2.12. The van der Waals surface area contributed by atoms with Crippen molar-refractivity contribution in [3.05, 3.63) is 0 Å². The molecule has 5 heteroatoms. The Morgan fingerprint density at radius 3 is 2.50 bits per heavy atom. The van der Waals surface area contributed by atoms with Gasteiger partial charge in [0.2, 0.25) is 11.8 Å². The Labute approximate surface area is 95.8 Å². The van der Waals surface area contributed by atoms with Crippen molar-refractivity contribution in [2.75, 3.05) is 26.2 Å². The van der Waals surface area contributed by atoms with E-state index in [-0.39, 0.29) is 18.4 Å². The third kappa shape index (κ3) is 4.18. The molecule has 0 spiro atoms. The summed E-state index contributed by atoms with van der Waals surface area (Å²) in [7, 11) is 0. The number of hydrogen-bond donors (Lipinski definition) is 2. The summed E-state index contributed by atoms with van der Waals surface area (Å²) in [4.78, 5) is 24.1. The largest absolute Gasteiger partial charge is 0.396 e. The maximum atomic E-state index is 11.7. The Kier molecular flexibility index (Phi) is 5.25. The first-order valence-corrected chi connectivity index (χ1v) is 5.76. The van der Waals surface area contributed by atoms with Gasteiger partial charge in [-0.3, -0.25) is 9.59 Å².